The third-order valence-corrected chi connectivity index (χ3v) is 6.00. The summed E-state index contributed by atoms with van der Waals surface area (Å²) in [5.74, 6) is 2.28. The molecular formula is C24H35N5O2. The Morgan fingerprint density at radius 2 is 1.90 bits per heavy atom. The van der Waals surface area contributed by atoms with Crippen molar-refractivity contribution in [3.05, 3.63) is 52.9 Å². The predicted octanol–water partition coefficient (Wildman–Crippen LogP) is 2.95. The fourth-order valence-corrected chi connectivity index (χ4v) is 4.14. The second-order valence-electron chi connectivity index (χ2n) is 8.03. The first-order chi connectivity index (χ1) is 15.1. The van der Waals surface area contributed by atoms with Gasteiger partial charge in [-0.15, -0.1) is 0 Å². The third-order valence-electron chi connectivity index (χ3n) is 6.00. The Balaban J connectivity index is 1.42. The molecular weight excluding hydrogens is 390 g/mol. The fraction of sp³-hybridized carbons (Fsp3) is 0.542. The van der Waals surface area contributed by atoms with E-state index in [9.17, 15) is 4.79 Å². The molecule has 2 aromatic rings. The number of nitrogens with zero attached hydrogens (tertiary/aromatic N) is 3. The van der Waals surface area contributed by atoms with E-state index in [4.69, 9.17) is 4.52 Å². The van der Waals surface area contributed by atoms with Crippen molar-refractivity contribution in [3.8, 4) is 0 Å². The van der Waals surface area contributed by atoms with Gasteiger partial charge in [0, 0.05) is 38.7 Å². The van der Waals surface area contributed by atoms with Gasteiger partial charge in [-0.2, -0.15) is 0 Å². The van der Waals surface area contributed by atoms with E-state index in [-0.39, 0.29) is 12.5 Å². The number of aryl methyl sites for hydroxylation is 2. The highest BCUT2D eigenvalue weighted by Gasteiger charge is 2.23. The van der Waals surface area contributed by atoms with Crippen LogP contribution in [0.3, 0.4) is 0 Å². The van der Waals surface area contributed by atoms with Gasteiger partial charge in [0.25, 0.3) is 0 Å². The number of amides is 1. The molecule has 0 spiro atoms. The fourth-order valence-electron chi connectivity index (χ4n) is 4.14. The van der Waals surface area contributed by atoms with E-state index < -0.39 is 0 Å². The second kappa shape index (κ2) is 11.5. The van der Waals surface area contributed by atoms with Crippen LogP contribution < -0.4 is 10.6 Å². The number of aliphatic imine (C=N–C) groups is 1. The molecule has 0 saturated carbocycles. The minimum Gasteiger partial charge on any atom is -0.361 e. The van der Waals surface area contributed by atoms with Crippen LogP contribution in [0.5, 0.6) is 0 Å². The summed E-state index contributed by atoms with van der Waals surface area (Å²) < 4.78 is 5.41. The monoisotopic (exact) mass is 425 g/mol. The Labute approximate surface area is 185 Å². The average Bonchev–Trinajstić information content (AvgIpc) is 3.22. The molecule has 31 heavy (non-hydrogen) atoms. The van der Waals surface area contributed by atoms with Gasteiger partial charge in [0.15, 0.2) is 5.96 Å². The molecule has 1 saturated heterocycles. The maximum absolute atomic E-state index is 12.7. The van der Waals surface area contributed by atoms with Gasteiger partial charge in [-0.3, -0.25) is 9.79 Å². The van der Waals surface area contributed by atoms with E-state index >= 15 is 0 Å². The van der Waals surface area contributed by atoms with E-state index in [1.165, 1.54) is 5.56 Å². The number of hydrogen-bond acceptors (Lipinski definition) is 4. The molecule has 2 heterocycles. The van der Waals surface area contributed by atoms with Crippen molar-refractivity contribution < 1.29 is 9.32 Å². The van der Waals surface area contributed by atoms with Crippen LogP contribution in [0.2, 0.25) is 0 Å². The van der Waals surface area contributed by atoms with Crippen LogP contribution in [0.25, 0.3) is 0 Å². The molecule has 1 aliphatic heterocycles. The molecule has 0 bridgehead atoms. The molecule has 2 N–H and O–H groups in total. The Bertz CT molecular complexity index is 833. The lowest BCUT2D eigenvalue weighted by Gasteiger charge is -2.32. The minimum atomic E-state index is 0.120. The SMILES string of the molecule is CCc1noc(CC)c1CNC(=NC)NCC(=O)N1CCC(Cc2ccccc2)CC1. The van der Waals surface area contributed by atoms with Crippen LogP contribution in [0.4, 0.5) is 0 Å². The zero-order chi connectivity index (χ0) is 22.1. The summed E-state index contributed by atoms with van der Waals surface area (Å²) >= 11 is 0. The molecule has 0 atom stereocenters. The Morgan fingerprint density at radius 3 is 2.55 bits per heavy atom. The Hall–Kier alpha value is -2.83. The lowest BCUT2D eigenvalue weighted by molar-refractivity contribution is -0.131. The lowest BCUT2D eigenvalue weighted by Crippen LogP contribution is -2.46. The van der Waals surface area contributed by atoms with Crippen LogP contribution in [0.15, 0.2) is 39.8 Å². The van der Waals surface area contributed by atoms with Crippen LogP contribution >= 0.6 is 0 Å². The normalized spacial score (nSPS) is 15.2. The summed E-state index contributed by atoms with van der Waals surface area (Å²) in [6.45, 7) is 6.59. The molecule has 1 amide bonds. The summed E-state index contributed by atoms with van der Waals surface area (Å²) in [6, 6.07) is 10.6. The van der Waals surface area contributed by atoms with Gasteiger partial charge in [-0.25, -0.2) is 0 Å². The summed E-state index contributed by atoms with van der Waals surface area (Å²) in [4.78, 5) is 18.9. The van der Waals surface area contributed by atoms with Crippen LogP contribution in [-0.4, -0.2) is 48.6 Å². The first-order valence-corrected chi connectivity index (χ1v) is 11.4. The number of guanidine groups is 1. The topological polar surface area (TPSA) is 82.8 Å². The van der Waals surface area contributed by atoms with Gasteiger partial charge in [0.05, 0.1) is 12.2 Å². The van der Waals surface area contributed by atoms with Gasteiger partial charge in [0.1, 0.15) is 5.76 Å². The number of rotatable bonds is 8. The molecule has 7 nitrogen and oxygen atoms in total. The van der Waals surface area contributed by atoms with E-state index in [1.54, 1.807) is 7.05 Å². The highest BCUT2D eigenvalue weighted by atomic mass is 16.5. The molecule has 1 aliphatic rings. The molecule has 3 rings (SSSR count). The maximum atomic E-state index is 12.7. The molecule has 0 aliphatic carbocycles. The molecule has 1 aromatic heterocycles. The van der Waals surface area contributed by atoms with Crippen molar-refractivity contribution in [3.63, 3.8) is 0 Å². The maximum Gasteiger partial charge on any atom is 0.241 e. The molecule has 0 radical (unpaired) electrons. The molecule has 1 fully saturated rings. The predicted molar refractivity (Wildman–Crippen MR) is 123 cm³/mol. The van der Waals surface area contributed by atoms with Crippen molar-refractivity contribution in [2.45, 2.75) is 52.5 Å². The quantitative estimate of drug-likeness (QED) is 0.502. The van der Waals surface area contributed by atoms with Crippen molar-refractivity contribution in [1.29, 1.82) is 0 Å². The molecule has 168 valence electrons. The summed E-state index contributed by atoms with van der Waals surface area (Å²) in [5.41, 5.74) is 3.43. The van der Waals surface area contributed by atoms with E-state index in [1.807, 2.05) is 4.90 Å². The van der Waals surface area contributed by atoms with Gasteiger partial charge < -0.3 is 20.1 Å². The van der Waals surface area contributed by atoms with E-state index in [0.717, 1.165) is 62.2 Å². The van der Waals surface area contributed by atoms with Crippen molar-refractivity contribution in [2.75, 3.05) is 26.7 Å². The molecule has 1 aromatic carbocycles. The molecule has 7 heteroatoms. The average molecular weight is 426 g/mol. The van der Waals surface area contributed by atoms with Crippen LogP contribution in [0, 0.1) is 5.92 Å². The number of likely N-dealkylation sites (tertiary alicyclic amines) is 1. The number of aromatic nitrogens is 1. The number of nitrogens with one attached hydrogen (secondary N) is 2. The van der Waals surface area contributed by atoms with Crippen molar-refractivity contribution in [2.24, 2.45) is 10.9 Å². The zero-order valence-electron chi connectivity index (χ0n) is 19.0. The van der Waals surface area contributed by atoms with Crippen LogP contribution in [0.1, 0.15) is 49.3 Å². The summed E-state index contributed by atoms with van der Waals surface area (Å²) in [5, 5.41) is 10.6. The highest BCUT2D eigenvalue weighted by molar-refractivity contribution is 5.86. The number of hydrogen-bond donors (Lipinski definition) is 2. The number of carbonyl (C=O) groups excluding carboxylic acids is 1. The van der Waals surface area contributed by atoms with E-state index in [0.29, 0.717) is 18.4 Å². The van der Waals surface area contributed by atoms with Gasteiger partial charge in [0.2, 0.25) is 5.91 Å². The number of piperidine rings is 1. The van der Waals surface area contributed by atoms with Crippen molar-refractivity contribution in [1.82, 2.24) is 20.7 Å². The first-order valence-electron chi connectivity index (χ1n) is 11.4. The van der Waals surface area contributed by atoms with Gasteiger partial charge >= 0.3 is 0 Å². The third kappa shape index (κ3) is 6.32. The van der Waals surface area contributed by atoms with Crippen LogP contribution in [-0.2, 0) is 30.6 Å². The minimum absolute atomic E-state index is 0.120. The van der Waals surface area contributed by atoms with Gasteiger partial charge in [-0.1, -0.05) is 49.3 Å². The molecule has 0 unspecified atom stereocenters. The van der Waals surface area contributed by atoms with E-state index in [2.05, 4.69) is 65.0 Å². The smallest absolute Gasteiger partial charge is 0.241 e. The zero-order valence-corrected chi connectivity index (χ0v) is 19.0. The summed E-state index contributed by atoms with van der Waals surface area (Å²) in [6.07, 6.45) is 4.83. The van der Waals surface area contributed by atoms with Gasteiger partial charge in [-0.05, 0) is 37.2 Å². The lowest BCUT2D eigenvalue weighted by atomic mass is 9.90. The van der Waals surface area contributed by atoms with Crippen molar-refractivity contribution >= 4 is 11.9 Å². The first kappa shape index (κ1) is 22.8. The number of carbonyl (C=O) groups is 1. The standard InChI is InChI=1S/C24H35N5O2/c1-4-21-20(22(5-2)31-28-21)16-26-24(25-3)27-17-23(30)29-13-11-19(12-14-29)15-18-9-7-6-8-10-18/h6-10,19H,4-5,11-17H2,1-3H3,(H2,25,26,27). The Morgan fingerprint density at radius 1 is 1.16 bits per heavy atom. The largest absolute Gasteiger partial charge is 0.361 e. The second-order valence-corrected chi connectivity index (χ2v) is 8.03. The Kier molecular flexibility index (Phi) is 8.50. The number of benzene rings is 1. The highest BCUT2D eigenvalue weighted by Crippen LogP contribution is 2.21. The summed E-state index contributed by atoms with van der Waals surface area (Å²) in [7, 11) is 1.71.